The van der Waals surface area contributed by atoms with Crippen LogP contribution in [0.15, 0.2) is 60.7 Å². The molecule has 0 amide bonds. The van der Waals surface area contributed by atoms with Gasteiger partial charge in [0.15, 0.2) is 9.84 Å². The van der Waals surface area contributed by atoms with Crippen LogP contribution in [0.4, 0.5) is 0 Å². The van der Waals surface area contributed by atoms with Crippen molar-refractivity contribution in [3.63, 3.8) is 0 Å². The standard InChI is InChI=1S/C29H36O4S2Si/c1-22-9-5-6-10-25(22)23-11-13-24(14-12-23)26-15-16-27(34-26)29(17-7-8-19-35(29,31)32)21-28(30)33-18-20-36(2,3)4/h5-6,9-16H,7-8,17-21H2,1-4H3/t29-/m0/s1. The molecule has 0 aliphatic carbocycles. The Labute approximate surface area is 220 Å². The zero-order chi connectivity index (χ0) is 26.0. The Morgan fingerprint density at radius 3 is 2.33 bits per heavy atom. The Balaban J connectivity index is 1.60. The van der Waals surface area contributed by atoms with E-state index >= 15 is 0 Å². The van der Waals surface area contributed by atoms with Crippen LogP contribution in [0, 0.1) is 6.92 Å². The molecule has 7 heteroatoms. The van der Waals surface area contributed by atoms with Crippen LogP contribution in [0.5, 0.6) is 0 Å². The number of thiophene rings is 1. The van der Waals surface area contributed by atoms with E-state index < -0.39 is 28.6 Å². The van der Waals surface area contributed by atoms with Crippen LogP contribution < -0.4 is 0 Å². The minimum Gasteiger partial charge on any atom is -0.466 e. The van der Waals surface area contributed by atoms with Crippen molar-refractivity contribution < 1.29 is 17.9 Å². The van der Waals surface area contributed by atoms with Crippen molar-refractivity contribution in [3.8, 4) is 21.6 Å². The van der Waals surface area contributed by atoms with Gasteiger partial charge in [-0.2, -0.15) is 0 Å². The van der Waals surface area contributed by atoms with E-state index in [0.29, 0.717) is 19.4 Å². The minimum atomic E-state index is -3.48. The van der Waals surface area contributed by atoms with Gasteiger partial charge in [0.2, 0.25) is 0 Å². The van der Waals surface area contributed by atoms with Crippen LogP contribution in [-0.2, 0) is 24.1 Å². The topological polar surface area (TPSA) is 60.4 Å². The zero-order valence-electron chi connectivity index (χ0n) is 21.7. The third-order valence-electron chi connectivity index (χ3n) is 7.06. The number of esters is 1. The summed E-state index contributed by atoms with van der Waals surface area (Å²) in [5, 5.41) is 0. The zero-order valence-corrected chi connectivity index (χ0v) is 24.3. The van der Waals surface area contributed by atoms with Crippen LogP contribution in [0.3, 0.4) is 0 Å². The van der Waals surface area contributed by atoms with E-state index in [-0.39, 0.29) is 12.2 Å². The van der Waals surface area contributed by atoms with Gasteiger partial charge in [0, 0.05) is 17.8 Å². The van der Waals surface area contributed by atoms with E-state index in [9.17, 15) is 13.2 Å². The molecule has 0 unspecified atom stereocenters. The lowest BCUT2D eigenvalue weighted by Gasteiger charge is -2.35. The molecule has 192 valence electrons. The number of carbonyl (C=O) groups is 1. The highest BCUT2D eigenvalue weighted by Gasteiger charge is 2.49. The maximum absolute atomic E-state index is 13.5. The van der Waals surface area contributed by atoms with Crippen molar-refractivity contribution >= 4 is 35.2 Å². The quantitative estimate of drug-likeness (QED) is 0.220. The molecule has 0 saturated carbocycles. The molecule has 1 saturated heterocycles. The predicted octanol–water partition coefficient (Wildman–Crippen LogP) is 7.46. The molecule has 0 spiro atoms. The highest BCUT2D eigenvalue weighted by atomic mass is 32.2. The van der Waals surface area contributed by atoms with Crippen LogP contribution in [-0.4, -0.2) is 34.8 Å². The van der Waals surface area contributed by atoms with E-state index in [4.69, 9.17) is 4.74 Å². The van der Waals surface area contributed by atoms with Gasteiger partial charge in [-0.3, -0.25) is 4.79 Å². The Morgan fingerprint density at radius 1 is 0.972 bits per heavy atom. The molecular weight excluding hydrogens is 505 g/mol. The van der Waals surface area contributed by atoms with E-state index in [1.165, 1.54) is 22.5 Å². The summed E-state index contributed by atoms with van der Waals surface area (Å²) in [4.78, 5) is 14.6. The van der Waals surface area contributed by atoms with Crippen molar-refractivity contribution in [2.45, 2.75) is 63.0 Å². The average molecular weight is 541 g/mol. The first-order chi connectivity index (χ1) is 17.0. The first-order valence-corrected chi connectivity index (χ1v) is 18.8. The molecule has 0 bridgehead atoms. The second-order valence-electron chi connectivity index (χ2n) is 11.0. The van der Waals surface area contributed by atoms with Gasteiger partial charge in [0.25, 0.3) is 0 Å². The van der Waals surface area contributed by atoms with Gasteiger partial charge in [-0.15, -0.1) is 11.3 Å². The lowest BCUT2D eigenvalue weighted by atomic mass is 9.95. The Morgan fingerprint density at radius 2 is 1.67 bits per heavy atom. The minimum absolute atomic E-state index is 0.104. The Hall–Kier alpha value is -2.22. The lowest BCUT2D eigenvalue weighted by molar-refractivity contribution is -0.144. The molecule has 1 fully saturated rings. The van der Waals surface area contributed by atoms with Gasteiger partial charge in [-0.05, 0) is 60.2 Å². The Kier molecular flexibility index (Phi) is 7.93. The summed E-state index contributed by atoms with van der Waals surface area (Å²) in [5.74, 6) is -0.288. The van der Waals surface area contributed by atoms with Crippen molar-refractivity contribution in [2.24, 2.45) is 0 Å². The first kappa shape index (κ1) is 26.8. The molecule has 1 aromatic heterocycles. The third-order valence-corrected chi connectivity index (χ3v) is 12.8. The van der Waals surface area contributed by atoms with Crippen LogP contribution >= 0.6 is 11.3 Å². The fourth-order valence-electron chi connectivity index (χ4n) is 4.82. The number of benzene rings is 2. The predicted molar refractivity (Wildman–Crippen MR) is 153 cm³/mol. The van der Waals surface area contributed by atoms with E-state index in [1.807, 2.05) is 24.3 Å². The second-order valence-corrected chi connectivity index (χ2v) is 20.2. The Bertz CT molecular complexity index is 1320. The molecule has 4 nitrogen and oxygen atoms in total. The fraction of sp³-hybridized carbons (Fsp3) is 0.414. The monoisotopic (exact) mass is 540 g/mol. The summed E-state index contributed by atoms with van der Waals surface area (Å²) in [6.07, 6.45) is 1.80. The third kappa shape index (κ3) is 5.84. The highest BCUT2D eigenvalue weighted by molar-refractivity contribution is 7.92. The molecule has 1 atom stereocenters. The van der Waals surface area contributed by atoms with Crippen LogP contribution in [0.2, 0.25) is 25.7 Å². The number of hydrogen-bond acceptors (Lipinski definition) is 5. The highest BCUT2D eigenvalue weighted by Crippen LogP contribution is 2.47. The lowest BCUT2D eigenvalue weighted by Crippen LogP contribution is -2.42. The summed E-state index contributed by atoms with van der Waals surface area (Å²) < 4.78 is 31.3. The number of sulfone groups is 1. The summed E-state index contributed by atoms with van der Waals surface area (Å²) in [6, 6.07) is 21.5. The number of hydrogen-bond donors (Lipinski definition) is 0. The average Bonchev–Trinajstić information content (AvgIpc) is 3.31. The van der Waals surface area contributed by atoms with Crippen molar-refractivity contribution in [3.05, 3.63) is 71.1 Å². The molecule has 0 radical (unpaired) electrons. The van der Waals surface area contributed by atoms with Gasteiger partial charge in [0.1, 0.15) is 4.75 Å². The van der Waals surface area contributed by atoms with Gasteiger partial charge >= 0.3 is 5.97 Å². The second kappa shape index (κ2) is 10.6. The molecule has 0 N–H and O–H groups in total. The molecule has 4 rings (SSSR count). The molecular formula is C29H36O4S2Si. The number of rotatable bonds is 8. The molecule has 36 heavy (non-hydrogen) atoms. The van der Waals surface area contributed by atoms with E-state index in [1.54, 1.807) is 0 Å². The summed E-state index contributed by atoms with van der Waals surface area (Å²) in [5.41, 5.74) is 4.63. The summed E-state index contributed by atoms with van der Waals surface area (Å²) >= 11 is 1.49. The molecule has 1 aliphatic heterocycles. The van der Waals surface area contributed by atoms with Crippen molar-refractivity contribution in [2.75, 3.05) is 12.4 Å². The van der Waals surface area contributed by atoms with Gasteiger partial charge in [-0.1, -0.05) is 74.6 Å². The molecule has 2 heterocycles. The van der Waals surface area contributed by atoms with Crippen molar-refractivity contribution in [1.82, 2.24) is 0 Å². The number of ether oxygens (including phenoxy) is 1. The fourth-order valence-corrected chi connectivity index (χ4v) is 9.31. The van der Waals surface area contributed by atoms with E-state index in [0.717, 1.165) is 33.3 Å². The number of aryl methyl sites for hydroxylation is 1. The van der Waals surface area contributed by atoms with Gasteiger partial charge in [0.05, 0.1) is 18.8 Å². The molecule has 1 aliphatic rings. The smallest absolute Gasteiger partial charge is 0.307 e. The van der Waals surface area contributed by atoms with Gasteiger partial charge < -0.3 is 4.74 Å². The first-order valence-electron chi connectivity index (χ1n) is 12.7. The van der Waals surface area contributed by atoms with Crippen molar-refractivity contribution in [1.29, 1.82) is 0 Å². The van der Waals surface area contributed by atoms with Gasteiger partial charge in [-0.25, -0.2) is 8.42 Å². The SMILES string of the molecule is Cc1ccccc1-c1ccc(-c2ccc([C@@]3(CC(=O)OCC[Si](C)(C)C)CCCCS3(=O)=O)s2)cc1. The van der Waals surface area contributed by atoms with Crippen LogP contribution in [0.25, 0.3) is 21.6 Å². The molecule has 3 aromatic rings. The normalized spacial score (nSPS) is 19.7. The molecule has 2 aromatic carbocycles. The summed E-state index contributed by atoms with van der Waals surface area (Å²) in [6.45, 7) is 9.17. The van der Waals surface area contributed by atoms with Crippen LogP contribution in [0.1, 0.15) is 36.1 Å². The largest absolute Gasteiger partial charge is 0.466 e. The number of carbonyl (C=O) groups excluding carboxylic acids is 1. The maximum atomic E-state index is 13.5. The summed E-state index contributed by atoms with van der Waals surface area (Å²) in [7, 11) is -4.83. The van der Waals surface area contributed by atoms with E-state index in [2.05, 4.69) is 63.0 Å². The maximum Gasteiger partial charge on any atom is 0.307 e.